The summed E-state index contributed by atoms with van der Waals surface area (Å²) in [6.45, 7) is 3.34. The number of aromatic nitrogens is 3. The molecule has 2 amide bonds. The van der Waals surface area contributed by atoms with Crippen LogP contribution < -0.4 is 15.1 Å². The highest BCUT2D eigenvalue weighted by molar-refractivity contribution is 6.28. The topological polar surface area (TPSA) is 91.3 Å². The van der Waals surface area contributed by atoms with Crippen molar-refractivity contribution in [3.8, 4) is 0 Å². The Hall–Kier alpha value is -1.96. The summed E-state index contributed by atoms with van der Waals surface area (Å²) in [5, 5.41) is 2.29. The van der Waals surface area contributed by atoms with Crippen LogP contribution in [0, 0.1) is 0 Å². The molecule has 1 aliphatic heterocycles. The van der Waals surface area contributed by atoms with E-state index in [4.69, 9.17) is 11.6 Å². The van der Waals surface area contributed by atoms with Gasteiger partial charge in [-0.3, -0.25) is 14.9 Å². The first kappa shape index (κ1) is 14.4. The molecule has 0 bridgehead atoms. The average molecular weight is 299 g/mol. The predicted octanol–water partition coefficient (Wildman–Crippen LogP) is -0.168. The van der Waals surface area contributed by atoms with E-state index in [-0.39, 0.29) is 17.8 Å². The highest BCUT2D eigenvalue weighted by atomic mass is 35.5. The van der Waals surface area contributed by atoms with Crippen molar-refractivity contribution in [2.45, 2.75) is 19.4 Å². The standard InChI is InChI=1S/C11H15ClN6O2/c1-11(2)7(20)13-6(19)5-18(11)10-15-8(12)14-9(16-10)17(3)4/h5H2,1-4H3,(H,13,19,20). The fourth-order valence-electron chi connectivity index (χ4n) is 1.75. The maximum Gasteiger partial charge on any atom is 0.252 e. The van der Waals surface area contributed by atoms with Crippen LogP contribution >= 0.6 is 11.6 Å². The third kappa shape index (κ3) is 2.51. The largest absolute Gasteiger partial charge is 0.347 e. The molecule has 0 aliphatic carbocycles. The first-order valence-electron chi connectivity index (χ1n) is 5.92. The molecule has 0 unspecified atom stereocenters. The molecule has 0 spiro atoms. The van der Waals surface area contributed by atoms with Gasteiger partial charge in [0.2, 0.25) is 23.1 Å². The summed E-state index contributed by atoms with van der Waals surface area (Å²) in [7, 11) is 3.52. The fraction of sp³-hybridized carbons (Fsp3) is 0.545. The Morgan fingerprint density at radius 3 is 2.50 bits per heavy atom. The summed E-state index contributed by atoms with van der Waals surface area (Å²) in [5.74, 6) is -0.259. The number of hydrogen-bond donors (Lipinski definition) is 1. The zero-order chi connectivity index (χ0) is 15.1. The molecule has 0 radical (unpaired) electrons. The number of hydrogen-bond acceptors (Lipinski definition) is 7. The van der Waals surface area contributed by atoms with E-state index in [1.165, 1.54) is 4.90 Å². The number of amides is 2. The van der Waals surface area contributed by atoms with Gasteiger partial charge in [-0.25, -0.2) is 0 Å². The van der Waals surface area contributed by atoms with Crippen molar-refractivity contribution >= 4 is 35.3 Å². The Labute approximate surface area is 121 Å². The van der Waals surface area contributed by atoms with Gasteiger partial charge in [0, 0.05) is 14.1 Å². The minimum atomic E-state index is -0.956. The minimum absolute atomic E-state index is 0.00734. The lowest BCUT2D eigenvalue weighted by atomic mass is 9.99. The minimum Gasteiger partial charge on any atom is -0.347 e. The van der Waals surface area contributed by atoms with Gasteiger partial charge in [-0.1, -0.05) is 0 Å². The molecular formula is C11H15ClN6O2. The molecule has 2 heterocycles. The number of anilines is 2. The van der Waals surface area contributed by atoms with Crippen LogP contribution in [0.1, 0.15) is 13.8 Å². The van der Waals surface area contributed by atoms with Crippen molar-refractivity contribution in [3.63, 3.8) is 0 Å². The first-order chi connectivity index (χ1) is 9.21. The van der Waals surface area contributed by atoms with E-state index in [2.05, 4.69) is 20.3 Å². The molecule has 1 aromatic rings. The highest BCUT2D eigenvalue weighted by Crippen LogP contribution is 2.25. The molecule has 1 aromatic heterocycles. The van der Waals surface area contributed by atoms with Crippen LogP contribution in [0.5, 0.6) is 0 Å². The maximum atomic E-state index is 11.9. The highest BCUT2D eigenvalue weighted by Gasteiger charge is 2.42. The zero-order valence-corrected chi connectivity index (χ0v) is 12.4. The van der Waals surface area contributed by atoms with E-state index >= 15 is 0 Å². The number of nitrogens with zero attached hydrogens (tertiary/aromatic N) is 5. The van der Waals surface area contributed by atoms with Gasteiger partial charge >= 0.3 is 0 Å². The lowest BCUT2D eigenvalue weighted by molar-refractivity contribution is -0.135. The molecule has 0 saturated carbocycles. The molecule has 1 aliphatic rings. The van der Waals surface area contributed by atoms with E-state index in [1.807, 2.05) is 0 Å². The average Bonchev–Trinajstić information content (AvgIpc) is 2.33. The molecule has 0 atom stereocenters. The fourth-order valence-corrected chi connectivity index (χ4v) is 1.91. The number of carbonyl (C=O) groups is 2. The van der Waals surface area contributed by atoms with Crippen LogP contribution in [0.4, 0.5) is 11.9 Å². The maximum absolute atomic E-state index is 11.9. The molecule has 108 valence electrons. The summed E-state index contributed by atoms with van der Waals surface area (Å²) >= 11 is 5.88. The molecule has 20 heavy (non-hydrogen) atoms. The molecule has 1 fully saturated rings. The van der Waals surface area contributed by atoms with Crippen LogP contribution in [-0.2, 0) is 9.59 Å². The summed E-state index contributed by atoms with van der Waals surface area (Å²) in [5.41, 5.74) is -0.956. The lowest BCUT2D eigenvalue weighted by Gasteiger charge is -2.40. The lowest BCUT2D eigenvalue weighted by Crippen LogP contribution is -2.64. The van der Waals surface area contributed by atoms with Crippen molar-refractivity contribution in [1.29, 1.82) is 0 Å². The third-order valence-corrected chi connectivity index (χ3v) is 3.18. The summed E-state index contributed by atoms with van der Waals surface area (Å²) < 4.78 is 0. The van der Waals surface area contributed by atoms with Crippen LogP contribution in [0.15, 0.2) is 0 Å². The van der Waals surface area contributed by atoms with E-state index in [0.717, 1.165) is 0 Å². The van der Waals surface area contributed by atoms with Crippen LogP contribution in [0.2, 0.25) is 5.28 Å². The zero-order valence-electron chi connectivity index (χ0n) is 11.6. The third-order valence-electron chi connectivity index (χ3n) is 3.01. The quantitative estimate of drug-likeness (QED) is 0.758. The second kappa shape index (κ2) is 4.86. The summed E-state index contributed by atoms with van der Waals surface area (Å²) in [4.78, 5) is 38.9. The molecule has 1 N–H and O–H groups in total. The van der Waals surface area contributed by atoms with Gasteiger partial charge in [0.1, 0.15) is 12.1 Å². The Morgan fingerprint density at radius 1 is 1.25 bits per heavy atom. The number of nitrogens with one attached hydrogen (secondary N) is 1. The second-order valence-electron chi connectivity index (χ2n) is 5.12. The number of carbonyl (C=O) groups excluding carboxylic acids is 2. The van der Waals surface area contributed by atoms with E-state index in [9.17, 15) is 9.59 Å². The van der Waals surface area contributed by atoms with Gasteiger partial charge in [-0.15, -0.1) is 0 Å². The van der Waals surface area contributed by atoms with E-state index < -0.39 is 17.4 Å². The van der Waals surface area contributed by atoms with Gasteiger partial charge < -0.3 is 9.80 Å². The van der Waals surface area contributed by atoms with Crippen molar-refractivity contribution < 1.29 is 9.59 Å². The van der Waals surface area contributed by atoms with Crippen LogP contribution in [0.25, 0.3) is 0 Å². The molecule has 1 saturated heterocycles. The van der Waals surface area contributed by atoms with Crippen molar-refractivity contribution in [1.82, 2.24) is 20.3 Å². The first-order valence-corrected chi connectivity index (χ1v) is 6.30. The van der Waals surface area contributed by atoms with Crippen molar-refractivity contribution in [3.05, 3.63) is 5.28 Å². The van der Waals surface area contributed by atoms with E-state index in [0.29, 0.717) is 5.95 Å². The van der Waals surface area contributed by atoms with Crippen LogP contribution in [-0.4, -0.2) is 52.9 Å². The Kier molecular flexibility index (Phi) is 3.51. The normalized spacial score (nSPS) is 17.9. The van der Waals surface area contributed by atoms with E-state index in [1.54, 1.807) is 32.8 Å². The number of imide groups is 1. The molecule has 8 nitrogen and oxygen atoms in total. The van der Waals surface area contributed by atoms with Crippen molar-refractivity contribution in [2.24, 2.45) is 0 Å². The molecule has 2 rings (SSSR count). The van der Waals surface area contributed by atoms with Gasteiger partial charge in [-0.05, 0) is 25.4 Å². The van der Waals surface area contributed by atoms with Crippen LogP contribution in [0.3, 0.4) is 0 Å². The van der Waals surface area contributed by atoms with Gasteiger partial charge in [0.05, 0.1) is 0 Å². The number of halogens is 1. The number of piperazine rings is 1. The number of rotatable bonds is 2. The summed E-state index contributed by atoms with van der Waals surface area (Å²) in [6.07, 6.45) is 0. The SMILES string of the molecule is CN(C)c1nc(Cl)nc(N2CC(=O)NC(=O)C2(C)C)n1. The Balaban J connectivity index is 2.48. The Morgan fingerprint density at radius 2 is 1.90 bits per heavy atom. The Bertz CT molecular complexity index is 574. The molecular weight excluding hydrogens is 284 g/mol. The smallest absolute Gasteiger partial charge is 0.252 e. The predicted molar refractivity (Wildman–Crippen MR) is 73.7 cm³/mol. The molecule has 9 heteroatoms. The monoisotopic (exact) mass is 298 g/mol. The van der Waals surface area contributed by atoms with Gasteiger partial charge in [0.15, 0.2) is 0 Å². The summed E-state index contributed by atoms with van der Waals surface area (Å²) in [6, 6.07) is 0. The van der Waals surface area contributed by atoms with Crippen molar-refractivity contribution in [2.75, 3.05) is 30.4 Å². The molecule has 0 aromatic carbocycles. The van der Waals surface area contributed by atoms with Gasteiger partial charge in [-0.2, -0.15) is 15.0 Å². The second-order valence-corrected chi connectivity index (χ2v) is 5.46. The van der Waals surface area contributed by atoms with Gasteiger partial charge in [0.25, 0.3) is 5.91 Å².